The number of hydrogen-bond acceptors (Lipinski definition) is 5. The van der Waals surface area contributed by atoms with Crippen LogP contribution in [0.2, 0.25) is 0 Å². The molecule has 18 heavy (non-hydrogen) atoms. The Labute approximate surface area is 107 Å². The Morgan fingerprint density at radius 1 is 1.50 bits per heavy atom. The minimum atomic E-state index is 0.216. The third-order valence-corrected chi connectivity index (χ3v) is 3.47. The quantitative estimate of drug-likeness (QED) is 0.823. The average molecular weight is 248 g/mol. The van der Waals surface area contributed by atoms with E-state index in [1.54, 1.807) is 4.68 Å². The summed E-state index contributed by atoms with van der Waals surface area (Å²) in [4.78, 5) is 2.13. The first-order chi connectivity index (χ1) is 8.69. The van der Waals surface area contributed by atoms with Crippen LogP contribution >= 0.6 is 0 Å². The van der Waals surface area contributed by atoms with Gasteiger partial charge in [0.25, 0.3) is 0 Å². The standard InChI is InChI=1S/C12H20N6/c1-3-9(2)18-11(14)10(8-13)12(16-18)17-6-4-15-5-7-17/h9,15H,3-7,14H2,1-2H3. The number of anilines is 2. The van der Waals surface area contributed by atoms with Crippen molar-refractivity contribution in [3.63, 3.8) is 0 Å². The van der Waals surface area contributed by atoms with Crippen LogP contribution in [0.25, 0.3) is 0 Å². The second-order valence-electron chi connectivity index (χ2n) is 4.63. The molecule has 3 N–H and O–H groups in total. The molecule has 1 atom stereocenters. The van der Waals surface area contributed by atoms with Crippen LogP contribution in [0.15, 0.2) is 0 Å². The third-order valence-electron chi connectivity index (χ3n) is 3.47. The van der Waals surface area contributed by atoms with Crippen molar-refractivity contribution in [3.05, 3.63) is 5.56 Å². The van der Waals surface area contributed by atoms with E-state index in [0.29, 0.717) is 11.4 Å². The first kappa shape index (κ1) is 12.7. The van der Waals surface area contributed by atoms with E-state index >= 15 is 0 Å². The van der Waals surface area contributed by atoms with Crippen molar-refractivity contribution < 1.29 is 0 Å². The number of nitrogens with one attached hydrogen (secondary N) is 1. The minimum Gasteiger partial charge on any atom is -0.383 e. The van der Waals surface area contributed by atoms with Gasteiger partial charge in [-0.15, -0.1) is 0 Å². The van der Waals surface area contributed by atoms with Crippen molar-refractivity contribution in [1.82, 2.24) is 15.1 Å². The van der Waals surface area contributed by atoms with E-state index in [4.69, 9.17) is 5.73 Å². The fourth-order valence-corrected chi connectivity index (χ4v) is 2.15. The molecular formula is C12H20N6. The number of rotatable bonds is 3. The molecule has 1 aromatic heterocycles. The van der Waals surface area contributed by atoms with Gasteiger partial charge in [0.05, 0.1) is 6.04 Å². The van der Waals surface area contributed by atoms with Crippen molar-refractivity contribution in [1.29, 1.82) is 5.26 Å². The molecule has 1 aliphatic rings. The van der Waals surface area contributed by atoms with Gasteiger partial charge >= 0.3 is 0 Å². The Morgan fingerprint density at radius 3 is 2.72 bits per heavy atom. The van der Waals surface area contributed by atoms with Crippen molar-refractivity contribution >= 4 is 11.6 Å². The highest BCUT2D eigenvalue weighted by Gasteiger charge is 2.23. The number of nitriles is 1. The summed E-state index contributed by atoms with van der Waals surface area (Å²) in [5, 5.41) is 17.1. The molecule has 1 saturated heterocycles. The Balaban J connectivity index is 2.37. The maximum atomic E-state index is 9.27. The summed E-state index contributed by atoms with van der Waals surface area (Å²) in [6, 6.07) is 2.41. The molecule has 0 amide bonds. The topological polar surface area (TPSA) is 82.9 Å². The number of nitrogens with zero attached hydrogens (tertiary/aromatic N) is 4. The lowest BCUT2D eigenvalue weighted by Gasteiger charge is -2.27. The van der Waals surface area contributed by atoms with Gasteiger partial charge in [0.2, 0.25) is 0 Å². The SMILES string of the molecule is CCC(C)n1nc(N2CCNCC2)c(C#N)c1N. The summed E-state index contributed by atoms with van der Waals surface area (Å²) in [5.41, 5.74) is 6.54. The lowest BCUT2D eigenvalue weighted by molar-refractivity contribution is 0.481. The molecule has 0 bridgehead atoms. The van der Waals surface area contributed by atoms with Crippen LogP contribution in [0.4, 0.5) is 11.6 Å². The second kappa shape index (κ2) is 5.27. The lowest BCUT2D eigenvalue weighted by Crippen LogP contribution is -2.44. The van der Waals surface area contributed by atoms with Gasteiger partial charge in [-0.3, -0.25) is 0 Å². The first-order valence-corrected chi connectivity index (χ1v) is 6.42. The molecule has 1 aromatic rings. The fraction of sp³-hybridized carbons (Fsp3) is 0.667. The molecule has 98 valence electrons. The summed E-state index contributed by atoms with van der Waals surface area (Å²) in [6.45, 7) is 7.72. The van der Waals surface area contributed by atoms with E-state index in [1.807, 2.05) is 0 Å². The van der Waals surface area contributed by atoms with Gasteiger partial charge in [-0.05, 0) is 13.3 Å². The smallest absolute Gasteiger partial charge is 0.171 e. The van der Waals surface area contributed by atoms with Crippen molar-refractivity contribution in [3.8, 4) is 6.07 Å². The molecule has 0 aromatic carbocycles. The van der Waals surface area contributed by atoms with Gasteiger partial charge in [-0.2, -0.15) is 10.4 Å². The van der Waals surface area contributed by atoms with Gasteiger partial charge in [0.15, 0.2) is 5.82 Å². The maximum absolute atomic E-state index is 9.27. The molecule has 0 saturated carbocycles. The average Bonchev–Trinajstić information content (AvgIpc) is 2.76. The first-order valence-electron chi connectivity index (χ1n) is 6.42. The number of hydrogen-bond donors (Lipinski definition) is 2. The molecule has 2 heterocycles. The Bertz CT molecular complexity index is 452. The van der Waals surface area contributed by atoms with Crippen molar-refractivity contribution in [2.45, 2.75) is 26.3 Å². The van der Waals surface area contributed by atoms with Crippen LogP contribution in [0.5, 0.6) is 0 Å². The number of aromatic nitrogens is 2. The molecule has 6 nitrogen and oxygen atoms in total. The summed E-state index contributed by atoms with van der Waals surface area (Å²) in [7, 11) is 0. The van der Waals surface area contributed by atoms with Crippen LogP contribution < -0.4 is 16.0 Å². The molecule has 2 rings (SSSR count). The molecule has 1 aliphatic heterocycles. The Kier molecular flexibility index (Phi) is 3.72. The van der Waals surface area contributed by atoms with Gasteiger partial charge in [-0.1, -0.05) is 6.92 Å². The predicted octanol–water partition coefficient (Wildman–Crippen LogP) is 0.718. The van der Waals surface area contributed by atoms with Crippen LogP contribution in [0.1, 0.15) is 31.9 Å². The number of piperazine rings is 1. The maximum Gasteiger partial charge on any atom is 0.171 e. The number of nitrogen functional groups attached to an aromatic ring is 1. The Morgan fingerprint density at radius 2 is 2.17 bits per heavy atom. The summed E-state index contributed by atoms with van der Waals surface area (Å²) < 4.78 is 1.77. The van der Waals surface area contributed by atoms with E-state index in [1.165, 1.54) is 0 Å². The van der Waals surface area contributed by atoms with E-state index in [-0.39, 0.29) is 6.04 Å². The summed E-state index contributed by atoms with van der Waals surface area (Å²) >= 11 is 0. The zero-order valence-electron chi connectivity index (χ0n) is 11.0. The van der Waals surface area contributed by atoms with Crippen LogP contribution in [-0.4, -0.2) is 36.0 Å². The van der Waals surface area contributed by atoms with E-state index < -0.39 is 0 Å². The highest BCUT2D eigenvalue weighted by molar-refractivity contribution is 5.65. The monoisotopic (exact) mass is 248 g/mol. The van der Waals surface area contributed by atoms with E-state index in [0.717, 1.165) is 38.4 Å². The lowest BCUT2D eigenvalue weighted by atomic mass is 10.2. The molecule has 1 fully saturated rings. The zero-order chi connectivity index (χ0) is 13.1. The van der Waals surface area contributed by atoms with Crippen LogP contribution in [-0.2, 0) is 0 Å². The van der Waals surface area contributed by atoms with Crippen LogP contribution in [0, 0.1) is 11.3 Å². The largest absolute Gasteiger partial charge is 0.383 e. The van der Waals surface area contributed by atoms with Gasteiger partial charge in [-0.25, -0.2) is 4.68 Å². The molecule has 0 aliphatic carbocycles. The number of nitrogens with two attached hydrogens (primary N) is 1. The molecule has 0 radical (unpaired) electrons. The van der Waals surface area contributed by atoms with E-state index in [2.05, 4.69) is 35.2 Å². The van der Waals surface area contributed by atoms with Crippen molar-refractivity contribution in [2.75, 3.05) is 36.8 Å². The summed E-state index contributed by atoms with van der Waals surface area (Å²) in [6.07, 6.45) is 0.942. The fourth-order valence-electron chi connectivity index (χ4n) is 2.15. The molecular weight excluding hydrogens is 228 g/mol. The normalized spacial score (nSPS) is 17.5. The van der Waals surface area contributed by atoms with Crippen molar-refractivity contribution in [2.24, 2.45) is 0 Å². The third kappa shape index (κ3) is 2.14. The highest BCUT2D eigenvalue weighted by atomic mass is 15.4. The second-order valence-corrected chi connectivity index (χ2v) is 4.63. The molecule has 0 spiro atoms. The van der Waals surface area contributed by atoms with Gasteiger partial charge in [0.1, 0.15) is 17.5 Å². The van der Waals surface area contributed by atoms with Gasteiger partial charge in [0, 0.05) is 26.2 Å². The predicted molar refractivity (Wildman–Crippen MR) is 71.4 cm³/mol. The molecule has 6 heteroatoms. The highest BCUT2D eigenvalue weighted by Crippen LogP contribution is 2.27. The van der Waals surface area contributed by atoms with E-state index in [9.17, 15) is 5.26 Å². The Hall–Kier alpha value is -1.74. The van der Waals surface area contributed by atoms with Crippen LogP contribution in [0.3, 0.4) is 0 Å². The molecule has 1 unspecified atom stereocenters. The van der Waals surface area contributed by atoms with Gasteiger partial charge < -0.3 is 16.0 Å². The zero-order valence-corrected chi connectivity index (χ0v) is 11.0. The minimum absolute atomic E-state index is 0.216. The summed E-state index contributed by atoms with van der Waals surface area (Å²) in [5.74, 6) is 1.22.